The zero-order valence-electron chi connectivity index (χ0n) is 4.49. The Labute approximate surface area is 54.5 Å². The van der Waals surface area contributed by atoms with Crippen LogP contribution in [0.2, 0.25) is 0 Å². The second-order valence-electron chi connectivity index (χ2n) is 1.37. The average Bonchev–Trinajstić information content (AvgIpc) is 2.15. The van der Waals surface area contributed by atoms with E-state index in [4.69, 9.17) is 4.74 Å². The van der Waals surface area contributed by atoms with E-state index in [-0.39, 0.29) is 6.02 Å². The molecule has 0 aliphatic carbocycles. The Morgan fingerprint density at radius 3 is 3.11 bits per heavy atom. The van der Waals surface area contributed by atoms with Crippen LogP contribution in [0, 0.1) is 0 Å². The summed E-state index contributed by atoms with van der Waals surface area (Å²) in [4.78, 5) is 3.67. The zero-order chi connectivity index (χ0) is 6.69. The fourth-order valence-electron chi connectivity index (χ4n) is 0.468. The lowest BCUT2D eigenvalue weighted by molar-refractivity contribution is 0.337. The van der Waals surface area contributed by atoms with Crippen molar-refractivity contribution in [3.05, 3.63) is 0 Å². The predicted molar refractivity (Wildman–Crippen MR) is 30.3 cm³/mol. The quantitative estimate of drug-likeness (QED) is 0.474. The predicted octanol–water partition coefficient (Wildman–Crippen LogP) is -1.24. The Bertz CT molecular complexity index is 157. The van der Waals surface area contributed by atoms with Crippen LogP contribution in [0.1, 0.15) is 0 Å². The number of rotatable bonds is 1. The van der Waals surface area contributed by atoms with Gasteiger partial charge in [0.05, 0.1) is 6.54 Å². The monoisotopic (exact) mass is 149 g/mol. The van der Waals surface area contributed by atoms with E-state index in [1.165, 1.54) is 0 Å². The summed E-state index contributed by atoms with van der Waals surface area (Å²) >= 11 is -2.31. The van der Waals surface area contributed by atoms with E-state index in [2.05, 4.69) is 4.99 Å². The minimum Gasteiger partial charge on any atom is -0.755 e. The summed E-state index contributed by atoms with van der Waals surface area (Å²) in [6.45, 7) is 0.985. The molecule has 0 saturated carbocycles. The summed E-state index contributed by atoms with van der Waals surface area (Å²) in [5.74, 6) is 0. The summed E-state index contributed by atoms with van der Waals surface area (Å²) in [5, 5.41) is 0. The first-order chi connectivity index (χ1) is 4.29. The van der Waals surface area contributed by atoms with Crippen LogP contribution in [0.3, 0.4) is 0 Å². The van der Waals surface area contributed by atoms with Crippen molar-refractivity contribution in [1.82, 2.24) is 4.72 Å². The molecule has 0 aromatic heterocycles. The zero-order valence-corrected chi connectivity index (χ0v) is 5.31. The minimum atomic E-state index is -2.31. The highest BCUT2D eigenvalue weighted by atomic mass is 32.2. The SMILES string of the molecule is O=S([O-])NC1=NCCO1. The normalized spacial score (nSPS) is 20.3. The van der Waals surface area contributed by atoms with Crippen molar-refractivity contribution >= 4 is 17.3 Å². The van der Waals surface area contributed by atoms with Crippen molar-refractivity contribution < 1.29 is 13.5 Å². The maximum absolute atomic E-state index is 9.88. The Morgan fingerprint density at radius 2 is 2.67 bits per heavy atom. The molecule has 0 bridgehead atoms. The first-order valence-electron chi connectivity index (χ1n) is 2.32. The van der Waals surface area contributed by atoms with Gasteiger partial charge in [-0.25, -0.2) is 4.99 Å². The van der Waals surface area contributed by atoms with Crippen LogP contribution in [-0.2, 0) is 16.0 Å². The minimum absolute atomic E-state index is 0.0864. The molecular weight excluding hydrogens is 144 g/mol. The van der Waals surface area contributed by atoms with E-state index in [1.807, 2.05) is 4.72 Å². The van der Waals surface area contributed by atoms with Crippen LogP contribution < -0.4 is 4.72 Å². The van der Waals surface area contributed by atoms with E-state index >= 15 is 0 Å². The maximum Gasteiger partial charge on any atom is 0.296 e. The van der Waals surface area contributed by atoms with Crippen LogP contribution in [0.4, 0.5) is 0 Å². The van der Waals surface area contributed by atoms with Crippen LogP contribution in [0.5, 0.6) is 0 Å². The van der Waals surface area contributed by atoms with E-state index < -0.39 is 11.3 Å². The lowest BCUT2D eigenvalue weighted by Crippen LogP contribution is -2.25. The molecule has 1 unspecified atom stereocenters. The van der Waals surface area contributed by atoms with E-state index in [1.54, 1.807) is 0 Å². The molecule has 0 aromatic rings. The van der Waals surface area contributed by atoms with E-state index in [0.29, 0.717) is 13.2 Å². The Hall–Kier alpha value is -0.620. The highest BCUT2D eigenvalue weighted by Crippen LogP contribution is 1.89. The van der Waals surface area contributed by atoms with Gasteiger partial charge in [0, 0.05) is 11.3 Å². The van der Waals surface area contributed by atoms with Gasteiger partial charge in [-0.3, -0.25) is 8.93 Å². The van der Waals surface area contributed by atoms with Gasteiger partial charge in [-0.2, -0.15) is 0 Å². The average molecular weight is 149 g/mol. The van der Waals surface area contributed by atoms with Crippen LogP contribution >= 0.6 is 0 Å². The molecule has 1 rings (SSSR count). The van der Waals surface area contributed by atoms with Gasteiger partial charge >= 0.3 is 0 Å². The second kappa shape index (κ2) is 2.79. The molecule has 0 radical (unpaired) electrons. The third kappa shape index (κ3) is 1.98. The fraction of sp³-hybridized carbons (Fsp3) is 0.667. The van der Waals surface area contributed by atoms with Crippen LogP contribution in [0.25, 0.3) is 0 Å². The highest BCUT2D eigenvalue weighted by molar-refractivity contribution is 7.77. The maximum atomic E-state index is 9.88. The van der Waals surface area contributed by atoms with E-state index in [0.717, 1.165) is 0 Å². The topological polar surface area (TPSA) is 73.8 Å². The van der Waals surface area contributed by atoms with Gasteiger partial charge in [0.1, 0.15) is 6.61 Å². The molecule has 9 heavy (non-hydrogen) atoms. The molecule has 6 heteroatoms. The second-order valence-corrected chi connectivity index (χ2v) is 2.05. The summed E-state index contributed by atoms with van der Waals surface area (Å²) in [7, 11) is 0. The summed E-state index contributed by atoms with van der Waals surface area (Å²) < 4.78 is 26.5. The van der Waals surface area contributed by atoms with Crippen molar-refractivity contribution in [2.75, 3.05) is 13.2 Å². The molecule has 1 aliphatic rings. The molecule has 52 valence electrons. The first-order valence-corrected chi connectivity index (χ1v) is 3.40. The molecule has 0 saturated heterocycles. The smallest absolute Gasteiger partial charge is 0.296 e. The van der Waals surface area contributed by atoms with Crippen molar-refractivity contribution in [1.29, 1.82) is 0 Å². The largest absolute Gasteiger partial charge is 0.755 e. The van der Waals surface area contributed by atoms with Crippen molar-refractivity contribution in [2.45, 2.75) is 0 Å². The van der Waals surface area contributed by atoms with Crippen molar-refractivity contribution in [3.8, 4) is 0 Å². The summed E-state index contributed by atoms with van der Waals surface area (Å²) in [5.41, 5.74) is 0. The molecule has 0 spiro atoms. The van der Waals surface area contributed by atoms with Crippen LogP contribution in [0.15, 0.2) is 4.99 Å². The molecule has 1 heterocycles. The molecule has 0 amide bonds. The van der Waals surface area contributed by atoms with Crippen molar-refractivity contribution in [2.24, 2.45) is 4.99 Å². The summed E-state index contributed by atoms with van der Waals surface area (Å²) in [6, 6.07) is 0.0864. The van der Waals surface area contributed by atoms with Crippen LogP contribution in [-0.4, -0.2) is 27.9 Å². The van der Waals surface area contributed by atoms with E-state index in [9.17, 15) is 8.76 Å². The number of nitrogens with zero attached hydrogens (tertiary/aromatic N) is 1. The van der Waals surface area contributed by atoms with Gasteiger partial charge in [-0.15, -0.1) is 0 Å². The molecule has 0 fully saturated rings. The molecule has 0 aromatic carbocycles. The molecule has 1 aliphatic heterocycles. The third-order valence-corrected chi connectivity index (χ3v) is 1.10. The van der Waals surface area contributed by atoms with Gasteiger partial charge in [-0.05, 0) is 0 Å². The van der Waals surface area contributed by atoms with Gasteiger partial charge in [0.25, 0.3) is 6.02 Å². The fourth-order valence-corrected chi connectivity index (χ4v) is 0.734. The van der Waals surface area contributed by atoms with Gasteiger partial charge in [0.15, 0.2) is 0 Å². The molecule has 1 N–H and O–H groups in total. The number of aliphatic imine (C=N–C) groups is 1. The lowest BCUT2D eigenvalue weighted by atomic mass is 10.8. The summed E-state index contributed by atoms with van der Waals surface area (Å²) in [6.07, 6.45) is 0. The number of nitrogens with one attached hydrogen (secondary N) is 1. The number of ether oxygens (including phenoxy) is 1. The first kappa shape index (κ1) is 6.50. The standard InChI is InChI=1S/C3H6N2O3S/c6-9(7)5-3-4-1-2-8-3/h1-2H2,(H,4,5)(H,6,7)/p-1. The number of hydrogen-bond donors (Lipinski definition) is 1. The third-order valence-electron chi connectivity index (χ3n) is 0.756. The Balaban J connectivity index is 2.35. The molecule has 5 nitrogen and oxygen atoms in total. The lowest BCUT2D eigenvalue weighted by Gasteiger charge is -2.05. The Kier molecular flexibility index (Phi) is 2.01. The van der Waals surface area contributed by atoms with Gasteiger partial charge in [-0.1, -0.05) is 0 Å². The Morgan fingerprint density at radius 1 is 1.89 bits per heavy atom. The number of hydrogen-bond acceptors (Lipinski definition) is 4. The number of amidine groups is 1. The van der Waals surface area contributed by atoms with Crippen molar-refractivity contribution in [3.63, 3.8) is 0 Å². The van der Waals surface area contributed by atoms with Gasteiger partial charge < -0.3 is 9.29 Å². The molecular formula is C3H5N2O3S-. The van der Waals surface area contributed by atoms with Gasteiger partial charge in [0.2, 0.25) is 0 Å². The molecule has 1 atom stereocenters. The highest BCUT2D eigenvalue weighted by Gasteiger charge is 2.04.